The topological polar surface area (TPSA) is 63.1 Å². The number of benzene rings is 1. The molecule has 140 valence electrons. The Balaban J connectivity index is 1.29. The van der Waals surface area contributed by atoms with Crippen molar-refractivity contribution in [2.75, 3.05) is 0 Å². The third-order valence-corrected chi connectivity index (χ3v) is 6.36. The van der Waals surface area contributed by atoms with Gasteiger partial charge in [0.1, 0.15) is 0 Å². The highest BCUT2D eigenvalue weighted by Crippen LogP contribution is 2.32. The highest BCUT2D eigenvalue weighted by Gasteiger charge is 2.20. The average molecular weight is 382 g/mol. The quantitative estimate of drug-likeness (QED) is 0.677. The molecule has 0 spiro atoms. The SMILES string of the molecule is C[C@@H]1CCc2sc(C(=O)NNC(=O)CCn3ccc4ccccc43)cc2C1. The first kappa shape index (κ1) is 17.8. The summed E-state index contributed by atoms with van der Waals surface area (Å²) in [5.41, 5.74) is 7.48. The normalized spacial score (nSPS) is 16.1. The Bertz CT molecular complexity index is 988. The lowest BCUT2D eigenvalue weighted by atomic mass is 9.90. The van der Waals surface area contributed by atoms with Crippen LogP contribution < -0.4 is 10.9 Å². The van der Waals surface area contributed by atoms with Crippen LogP contribution in [0.2, 0.25) is 0 Å². The molecule has 6 heteroatoms. The van der Waals surface area contributed by atoms with Gasteiger partial charge in [0, 0.05) is 29.6 Å². The number of carbonyl (C=O) groups excluding carboxylic acids is 2. The molecular formula is C21H23N3O2S. The summed E-state index contributed by atoms with van der Waals surface area (Å²) in [4.78, 5) is 26.4. The highest BCUT2D eigenvalue weighted by molar-refractivity contribution is 7.14. The summed E-state index contributed by atoms with van der Waals surface area (Å²) >= 11 is 1.54. The third-order valence-electron chi connectivity index (χ3n) is 5.13. The summed E-state index contributed by atoms with van der Waals surface area (Å²) in [5.74, 6) is 0.241. The standard InChI is InChI=1S/C21H23N3O2S/c1-14-6-7-18-16(12-14)13-19(27-18)21(26)23-22-20(25)9-11-24-10-8-15-4-2-3-5-17(15)24/h2-5,8,10,13-14H,6-7,9,11-12H2,1H3,(H,22,25)(H,23,26)/t14-/m1/s1. The molecule has 0 saturated heterocycles. The van der Waals surface area contributed by atoms with E-state index in [0.29, 0.717) is 23.8 Å². The minimum absolute atomic E-state index is 0.198. The molecule has 0 unspecified atom stereocenters. The van der Waals surface area contributed by atoms with Crippen LogP contribution in [0.1, 0.15) is 39.9 Å². The van der Waals surface area contributed by atoms with Crippen molar-refractivity contribution >= 4 is 34.1 Å². The van der Waals surface area contributed by atoms with Crippen LogP contribution in [-0.2, 0) is 24.2 Å². The second-order valence-electron chi connectivity index (χ2n) is 7.23. The van der Waals surface area contributed by atoms with Gasteiger partial charge in [0.25, 0.3) is 5.91 Å². The fourth-order valence-corrected chi connectivity index (χ4v) is 4.73. The number of carbonyl (C=O) groups is 2. The van der Waals surface area contributed by atoms with E-state index in [2.05, 4.69) is 17.8 Å². The van der Waals surface area contributed by atoms with E-state index in [-0.39, 0.29) is 11.8 Å². The van der Waals surface area contributed by atoms with Crippen molar-refractivity contribution in [2.24, 2.45) is 5.92 Å². The van der Waals surface area contributed by atoms with E-state index in [1.165, 1.54) is 16.9 Å². The summed E-state index contributed by atoms with van der Waals surface area (Å²) < 4.78 is 2.05. The molecule has 0 saturated carbocycles. The molecule has 1 aliphatic rings. The van der Waals surface area contributed by atoms with Gasteiger partial charge in [-0.05, 0) is 54.3 Å². The summed E-state index contributed by atoms with van der Waals surface area (Å²) in [6, 6.07) is 12.1. The van der Waals surface area contributed by atoms with Crippen molar-refractivity contribution in [3.63, 3.8) is 0 Å². The second kappa shape index (κ2) is 7.56. The number of para-hydroxylation sites is 1. The average Bonchev–Trinajstić information content (AvgIpc) is 3.28. The van der Waals surface area contributed by atoms with Crippen molar-refractivity contribution in [1.29, 1.82) is 0 Å². The molecule has 5 nitrogen and oxygen atoms in total. The molecule has 27 heavy (non-hydrogen) atoms. The molecule has 2 N–H and O–H groups in total. The fourth-order valence-electron chi connectivity index (χ4n) is 3.63. The maximum absolute atomic E-state index is 12.3. The molecule has 0 aliphatic heterocycles. The number of thiophene rings is 1. The number of hydrogen-bond acceptors (Lipinski definition) is 3. The largest absolute Gasteiger partial charge is 0.347 e. The van der Waals surface area contributed by atoms with Crippen LogP contribution in [0.25, 0.3) is 10.9 Å². The Morgan fingerprint density at radius 1 is 1.22 bits per heavy atom. The summed E-state index contributed by atoms with van der Waals surface area (Å²) in [6.07, 6.45) is 5.55. The number of aromatic nitrogens is 1. The maximum Gasteiger partial charge on any atom is 0.279 e. The molecule has 0 fully saturated rings. The summed E-state index contributed by atoms with van der Waals surface area (Å²) in [6.45, 7) is 2.81. The van der Waals surface area contributed by atoms with Crippen LogP contribution in [0.3, 0.4) is 0 Å². The van der Waals surface area contributed by atoms with Crippen LogP contribution in [0, 0.1) is 5.92 Å². The molecule has 4 rings (SSSR count). The predicted molar refractivity (Wildman–Crippen MR) is 108 cm³/mol. The van der Waals surface area contributed by atoms with Gasteiger partial charge in [-0.2, -0.15) is 0 Å². The van der Waals surface area contributed by atoms with Gasteiger partial charge in [0.05, 0.1) is 4.88 Å². The second-order valence-corrected chi connectivity index (χ2v) is 8.36. The summed E-state index contributed by atoms with van der Waals surface area (Å²) in [7, 11) is 0. The van der Waals surface area contributed by atoms with E-state index >= 15 is 0 Å². The zero-order valence-electron chi connectivity index (χ0n) is 15.3. The van der Waals surface area contributed by atoms with Crippen LogP contribution in [0.15, 0.2) is 42.6 Å². The van der Waals surface area contributed by atoms with Crippen LogP contribution in [0.5, 0.6) is 0 Å². The molecular weight excluding hydrogens is 358 g/mol. The molecule has 1 aromatic carbocycles. The van der Waals surface area contributed by atoms with Gasteiger partial charge in [-0.1, -0.05) is 25.1 Å². The first-order valence-corrected chi connectivity index (χ1v) is 10.2. The Morgan fingerprint density at radius 3 is 2.96 bits per heavy atom. The van der Waals surface area contributed by atoms with Crippen molar-refractivity contribution in [3.05, 3.63) is 57.9 Å². The van der Waals surface area contributed by atoms with Gasteiger partial charge in [-0.15, -0.1) is 11.3 Å². The third kappa shape index (κ3) is 3.90. The molecule has 1 aliphatic carbocycles. The lowest BCUT2D eigenvalue weighted by Crippen LogP contribution is -2.41. The van der Waals surface area contributed by atoms with Crippen molar-refractivity contribution in [3.8, 4) is 0 Å². The van der Waals surface area contributed by atoms with E-state index in [1.54, 1.807) is 11.3 Å². The number of rotatable bonds is 4. The molecule has 2 heterocycles. The number of hydrogen-bond donors (Lipinski definition) is 2. The van der Waals surface area contributed by atoms with E-state index < -0.39 is 0 Å². The number of amides is 2. The van der Waals surface area contributed by atoms with Gasteiger partial charge in [-0.25, -0.2) is 0 Å². The van der Waals surface area contributed by atoms with Crippen molar-refractivity contribution < 1.29 is 9.59 Å². The van der Waals surface area contributed by atoms with Crippen molar-refractivity contribution in [1.82, 2.24) is 15.4 Å². The Hall–Kier alpha value is -2.60. The van der Waals surface area contributed by atoms with Gasteiger partial charge in [0.15, 0.2) is 0 Å². The zero-order valence-corrected chi connectivity index (χ0v) is 16.1. The monoisotopic (exact) mass is 381 g/mol. The van der Waals surface area contributed by atoms with E-state index in [0.717, 1.165) is 23.7 Å². The minimum Gasteiger partial charge on any atom is -0.347 e. The fraction of sp³-hybridized carbons (Fsp3) is 0.333. The van der Waals surface area contributed by atoms with Crippen molar-refractivity contribution in [2.45, 2.75) is 39.2 Å². The highest BCUT2D eigenvalue weighted by atomic mass is 32.1. The molecule has 0 radical (unpaired) electrons. The molecule has 1 atom stereocenters. The van der Waals surface area contributed by atoms with Crippen LogP contribution in [0.4, 0.5) is 0 Å². The number of nitrogens with zero attached hydrogens (tertiary/aromatic N) is 1. The maximum atomic E-state index is 12.3. The molecule has 0 bridgehead atoms. The van der Waals surface area contributed by atoms with Gasteiger partial charge in [0.2, 0.25) is 5.91 Å². The van der Waals surface area contributed by atoms with Gasteiger partial charge >= 0.3 is 0 Å². The lowest BCUT2D eigenvalue weighted by Gasteiger charge is -2.16. The van der Waals surface area contributed by atoms with E-state index in [9.17, 15) is 9.59 Å². The lowest BCUT2D eigenvalue weighted by molar-refractivity contribution is -0.122. The first-order valence-electron chi connectivity index (χ1n) is 9.35. The van der Waals surface area contributed by atoms with E-state index in [1.807, 2.05) is 47.2 Å². The first-order chi connectivity index (χ1) is 13.1. The van der Waals surface area contributed by atoms with E-state index in [4.69, 9.17) is 0 Å². The Morgan fingerprint density at radius 2 is 2.07 bits per heavy atom. The minimum atomic E-state index is -0.234. The van der Waals surface area contributed by atoms with Crippen LogP contribution >= 0.6 is 11.3 Å². The number of aryl methyl sites for hydroxylation is 2. The van der Waals surface area contributed by atoms with Gasteiger partial charge in [-0.3, -0.25) is 20.4 Å². The van der Waals surface area contributed by atoms with Crippen LogP contribution in [-0.4, -0.2) is 16.4 Å². The smallest absolute Gasteiger partial charge is 0.279 e. The molecule has 2 aromatic heterocycles. The zero-order chi connectivity index (χ0) is 18.8. The molecule has 2 amide bonds. The number of hydrazine groups is 1. The van der Waals surface area contributed by atoms with Gasteiger partial charge < -0.3 is 4.57 Å². The number of fused-ring (bicyclic) bond motifs is 2. The summed E-state index contributed by atoms with van der Waals surface area (Å²) in [5, 5.41) is 1.15. The molecule has 3 aromatic rings. The Kier molecular flexibility index (Phi) is 4.99. The Labute approximate surface area is 162 Å². The predicted octanol–water partition coefficient (Wildman–Crippen LogP) is 3.68. The number of nitrogens with one attached hydrogen (secondary N) is 2.